The third kappa shape index (κ3) is 3.31. The van der Waals surface area contributed by atoms with Crippen LogP contribution in [-0.2, 0) is 6.54 Å². The highest BCUT2D eigenvalue weighted by atomic mass is 79.9. The summed E-state index contributed by atoms with van der Waals surface area (Å²) in [4.78, 5) is 0. The van der Waals surface area contributed by atoms with Gasteiger partial charge in [0.2, 0.25) is 0 Å². The van der Waals surface area contributed by atoms with E-state index in [9.17, 15) is 5.11 Å². The number of phenolic OH excluding ortho intramolecular Hbond substituents is 1. The van der Waals surface area contributed by atoms with Gasteiger partial charge in [-0.25, -0.2) is 0 Å². The van der Waals surface area contributed by atoms with Crippen molar-refractivity contribution >= 4 is 27.3 Å². The Labute approximate surface area is 113 Å². The van der Waals surface area contributed by atoms with E-state index >= 15 is 0 Å². The molecule has 0 saturated heterocycles. The molecular weight excluding hydrogens is 298 g/mol. The van der Waals surface area contributed by atoms with Gasteiger partial charge in [-0.15, -0.1) is 0 Å². The van der Waals surface area contributed by atoms with Crippen LogP contribution in [0.1, 0.15) is 24.1 Å². The monoisotopic (exact) mass is 311 g/mol. The van der Waals surface area contributed by atoms with Crippen LogP contribution in [-0.4, -0.2) is 5.11 Å². The molecule has 2 aromatic rings. The van der Waals surface area contributed by atoms with Crippen LogP contribution < -0.4 is 5.32 Å². The average molecular weight is 312 g/mol. The van der Waals surface area contributed by atoms with E-state index in [2.05, 4.69) is 38.9 Å². The van der Waals surface area contributed by atoms with Crippen LogP contribution in [0.3, 0.4) is 0 Å². The minimum absolute atomic E-state index is 0.217. The molecule has 0 spiro atoms. The Kier molecular flexibility index (Phi) is 4.20. The third-order valence-corrected chi connectivity index (χ3v) is 4.49. The molecule has 2 rings (SSSR count). The van der Waals surface area contributed by atoms with Gasteiger partial charge in [0, 0.05) is 22.4 Å². The summed E-state index contributed by atoms with van der Waals surface area (Å²) in [6.45, 7) is 2.91. The lowest BCUT2D eigenvalue weighted by Gasteiger charge is -2.14. The first-order valence-electron chi connectivity index (χ1n) is 5.39. The Morgan fingerprint density at radius 1 is 1.41 bits per heavy atom. The summed E-state index contributed by atoms with van der Waals surface area (Å²) < 4.78 is 1.15. The van der Waals surface area contributed by atoms with Crippen molar-refractivity contribution in [1.29, 1.82) is 0 Å². The van der Waals surface area contributed by atoms with Crippen molar-refractivity contribution in [3.8, 4) is 5.75 Å². The van der Waals surface area contributed by atoms with Gasteiger partial charge in [-0.3, -0.25) is 0 Å². The zero-order valence-electron chi connectivity index (χ0n) is 9.48. The van der Waals surface area contributed by atoms with Crippen LogP contribution in [0.25, 0.3) is 0 Å². The molecule has 0 fully saturated rings. The molecule has 0 radical (unpaired) electrons. The van der Waals surface area contributed by atoms with E-state index in [0.29, 0.717) is 5.75 Å². The second-order valence-corrected chi connectivity index (χ2v) is 5.54. The smallest absolute Gasteiger partial charge is 0.115 e. The first-order valence-corrected chi connectivity index (χ1v) is 7.13. The number of phenols is 1. The van der Waals surface area contributed by atoms with Crippen molar-refractivity contribution in [3.05, 3.63) is 50.6 Å². The number of rotatable bonds is 4. The Balaban J connectivity index is 1.98. The summed E-state index contributed by atoms with van der Waals surface area (Å²) in [6, 6.07) is 7.57. The van der Waals surface area contributed by atoms with E-state index in [1.807, 2.05) is 12.1 Å². The molecule has 1 atom stereocenters. The van der Waals surface area contributed by atoms with Gasteiger partial charge in [0.15, 0.2) is 0 Å². The fourth-order valence-electron chi connectivity index (χ4n) is 1.61. The molecule has 90 valence electrons. The van der Waals surface area contributed by atoms with E-state index in [1.54, 1.807) is 23.5 Å². The highest BCUT2D eigenvalue weighted by molar-refractivity contribution is 9.10. The predicted molar refractivity (Wildman–Crippen MR) is 75.4 cm³/mol. The highest BCUT2D eigenvalue weighted by Crippen LogP contribution is 2.23. The molecule has 1 aromatic heterocycles. The number of aromatic hydroxyl groups is 1. The number of nitrogens with one attached hydrogen (secondary N) is 1. The minimum atomic E-state index is 0.217. The summed E-state index contributed by atoms with van der Waals surface area (Å²) in [5, 5.41) is 17.1. The van der Waals surface area contributed by atoms with E-state index in [4.69, 9.17) is 0 Å². The van der Waals surface area contributed by atoms with Crippen LogP contribution in [0, 0.1) is 0 Å². The molecule has 4 heteroatoms. The fraction of sp³-hybridized carbons (Fsp3) is 0.231. The number of benzene rings is 1. The molecule has 0 aliphatic heterocycles. The first-order chi connectivity index (χ1) is 8.16. The zero-order valence-corrected chi connectivity index (χ0v) is 11.9. The average Bonchev–Trinajstić information content (AvgIpc) is 2.72. The minimum Gasteiger partial charge on any atom is -0.508 e. The van der Waals surface area contributed by atoms with Gasteiger partial charge >= 0.3 is 0 Å². The summed E-state index contributed by atoms with van der Waals surface area (Å²) in [7, 11) is 0. The molecule has 1 aromatic carbocycles. The lowest BCUT2D eigenvalue weighted by atomic mass is 10.1. The highest BCUT2D eigenvalue weighted by Gasteiger charge is 2.07. The number of hydrogen-bond donors (Lipinski definition) is 2. The molecule has 1 unspecified atom stereocenters. The lowest BCUT2D eigenvalue weighted by Crippen LogP contribution is -2.17. The van der Waals surface area contributed by atoms with Crippen molar-refractivity contribution in [3.63, 3.8) is 0 Å². The largest absolute Gasteiger partial charge is 0.508 e. The maximum Gasteiger partial charge on any atom is 0.115 e. The Hall–Kier alpha value is -0.840. The Bertz CT molecular complexity index is 498. The Morgan fingerprint density at radius 2 is 2.24 bits per heavy atom. The van der Waals surface area contributed by atoms with Crippen molar-refractivity contribution < 1.29 is 5.11 Å². The fourth-order valence-corrected chi connectivity index (χ4v) is 3.05. The molecule has 2 N–H and O–H groups in total. The van der Waals surface area contributed by atoms with Gasteiger partial charge in [0.05, 0.1) is 0 Å². The van der Waals surface area contributed by atoms with Gasteiger partial charge in [-0.2, -0.15) is 11.3 Å². The maximum absolute atomic E-state index is 9.42. The SMILES string of the molecule is CC(NCc1cscc1Br)c1cccc(O)c1. The van der Waals surface area contributed by atoms with Crippen LogP contribution >= 0.6 is 27.3 Å². The van der Waals surface area contributed by atoms with Crippen molar-refractivity contribution in [1.82, 2.24) is 5.32 Å². The Morgan fingerprint density at radius 3 is 2.88 bits per heavy atom. The summed E-state index contributed by atoms with van der Waals surface area (Å²) >= 11 is 5.20. The van der Waals surface area contributed by atoms with Crippen molar-refractivity contribution in [2.45, 2.75) is 19.5 Å². The zero-order chi connectivity index (χ0) is 12.3. The topological polar surface area (TPSA) is 32.3 Å². The van der Waals surface area contributed by atoms with E-state index < -0.39 is 0 Å². The van der Waals surface area contributed by atoms with Gasteiger partial charge < -0.3 is 10.4 Å². The molecule has 1 heterocycles. The summed E-state index contributed by atoms with van der Waals surface area (Å²) in [5.74, 6) is 0.313. The van der Waals surface area contributed by atoms with Crippen molar-refractivity contribution in [2.24, 2.45) is 0 Å². The van der Waals surface area contributed by atoms with Crippen LogP contribution in [0.2, 0.25) is 0 Å². The van der Waals surface area contributed by atoms with Gasteiger partial charge in [-0.1, -0.05) is 12.1 Å². The van der Waals surface area contributed by atoms with Crippen LogP contribution in [0.4, 0.5) is 0 Å². The predicted octanol–water partition coefficient (Wildman–Crippen LogP) is 4.07. The van der Waals surface area contributed by atoms with Crippen LogP contribution in [0.15, 0.2) is 39.5 Å². The van der Waals surface area contributed by atoms with E-state index in [0.717, 1.165) is 16.6 Å². The summed E-state index contributed by atoms with van der Waals surface area (Å²) in [5.41, 5.74) is 2.36. The normalized spacial score (nSPS) is 12.6. The van der Waals surface area contributed by atoms with Crippen molar-refractivity contribution in [2.75, 3.05) is 0 Å². The van der Waals surface area contributed by atoms with Gasteiger partial charge in [0.25, 0.3) is 0 Å². The van der Waals surface area contributed by atoms with E-state index in [-0.39, 0.29) is 6.04 Å². The number of halogens is 1. The molecule has 2 nitrogen and oxygen atoms in total. The first kappa shape index (κ1) is 12.6. The number of hydrogen-bond acceptors (Lipinski definition) is 3. The van der Waals surface area contributed by atoms with Gasteiger partial charge in [-0.05, 0) is 51.5 Å². The quantitative estimate of drug-likeness (QED) is 0.892. The summed E-state index contributed by atoms with van der Waals surface area (Å²) in [6.07, 6.45) is 0. The second kappa shape index (κ2) is 5.67. The molecule has 0 saturated carbocycles. The molecular formula is C13H14BrNOS. The second-order valence-electron chi connectivity index (χ2n) is 3.94. The number of thiophene rings is 1. The molecule has 17 heavy (non-hydrogen) atoms. The lowest BCUT2D eigenvalue weighted by molar-refractivity contribution is 0.472. The molecule has 0 aliphatic carbocycles. The van der Waals surface area contributed by atoms with Gasteiger partial charge in [0.1, 0.15) is 5.75 Å². The van der Waals surface area contributed by atoms with Crippen LogP contribution in [0.5, 0.6) is 5.75 Å². The third-order valence-electron chi connectivity index (χ3n) is 2.66. The molecule has 0 bridgehead atoms. The molecule has 0 amide bonds. The maximum atomic E-state index is 9.42. The van der Waals surface area contributed by atoms with E-state index in [1.165, 1.54) is 5.56 Å². The standard InChI is InChI=1S/C13H14BrNOS/c1-9(10-3-2-4-12(16)5-10)15-6-11-7-17-8-13(11)14/h2-5,7-9,15-16H,6H2,1H3. The molecule has 0 aliphatic rings.